The predicted octanol–water partition coefficient (Wildman–Crippen LogP) is 2.75. The molecule has 0 radical (unpaired) electrons. The van der Waals surface area contributed by atoms with Crippen molar-refractivity contribution in [1.29, 1.82) is 0 Å². The van der Waals surface area contributed by atoms with Gasteiger partial charge in [-0.2, -0.15) is 0 Å². The van der Waals surface area contributed by atoms with E-state index in [1.165, 1.54) is 11.0 Å². The number of sulfone groups is 1. The number of nitrogens with zero attached hydrogens (tertiary/aromatic N) is 2. The number of anilines is 1. The van der Waals surface area contributed by atoms with Crippen LogP contribution in [0, 0.1) is 13.8 Å². The predicted molar refractivity (Wildman–Crippen MR) is 87.5 cm³/mol. The van der Waals surface area contributed by atoms with E-state index in [0.717, 1.165) is 0 Å². The molecule has 0 N–H and O–H groups in total. The van der Waals surface area contributed by atoms with Gasteiger partial charge in [0.1, 0.15) is 0 Å². The number of hydrogen-bond donors (Lipinski definition) is 0. The maximum absolute atomic E-state index is 12.8. The number of rotatable bonds is 5. The van der Waals surface area contributed by atoms with Gasteiger partial charge in [-0.25, -0.2) is 13.4 Å². The molecule has 0 aliphatic rings. The van der Waals surface area contributed by atoms with Crippen LogP contribution in [0.2, 0.25) is 0 Å². The van der Waals surface area contributed by atoms with E-state index in [0.29, 0.717) is 23.8 Å². The number of aryl methyl sites for hydroxylation is 2. The van der Waals surface area contributed by atoms with E-state index in [9.17, 15) is 13.2 Å². The van der Waals surface area contributed by atoms with E-state index in [1.54, 1.807) is 45.9 Å². The smallest absolute Gasteiger partial charge is 0.296 e. The monoisotopic (exact) mass is 336 g/mol. The zero-order valence-corrected chi connectivity index (χ0v) is 14.5. The summed E-state index contributed by atoms with van der Waals surface area (Å²) < 4.78 is 30.0. The van der Waals surface area contributed by atoms with E-state index in [4.69, 9.17) is 4.42 Å². The molecule has 0 unspecified atom stereocenters. The number of hydrogen-bond acceptors (Lipinski definition) is 5. The molecule has 6 nitrogen and oxygen atoms in total. The van der Waals surface area contributed by atoms with Crippen LogP contribution in [0.5, 0.6) is 0 Å². The Morgan fingerprint density at radius 3 is 2.39 bits per heavy atom. The standard InChI is InChI=1S/C16H20N2O4S/c1-5-18(16(19)15-11(3)17-12(4)22-15)13-9-7-8-10-14(13)23(20,21)6-2/h7-10H,5-6H2,1-4H3. The average Bonchev–Trinajstić information content (AvgIpc) is 2.87. The Bertz CT molecular complexity index is 824. The highest BCUT2D eigenvalue weighted by molar-refractivity contribution is 7.91. The first-order chi connectivity index (χ1) is 10.8. The Labute approximate surface area is 136 Å². The van der Waals surface area contributed by atoms with Crippen molar-refractivity contribution in [3.05, 3.63) is 41.6 Å². The molecule has 1 heterocycles. The second kappa shape index (κ2) is 6.54. The molecule has 0 fully saturated rings. The van der Waals surface area contributed by atoms with Crippen LogP contribution in [0.1, 0.15) is 36.0 Å². The molecular weight excluding hydrogens is 316 g/mol. The van der Waals surface area contributed by atoms with Crippen molar-refractivity contribution in [2.45, 2.75) is 32.6 Å². The molecule has 0 aliphatic carbocycles. The summed E-state index contributed by atoms with van der Waals surface area (Å²) in [4.78, 5) is 18.4. The molecule has 23 heavy (non-hydrogen) atoms. The average molecular weight is 336 g/mol. The molecule has 1 aromatic carbocycles. The van der Waals surface area contributed by atoms with Crippen molar-refractivity contribution in [3.63, 3.8) is 0 Å². The van der Waals surface area contributed by atoms with Gasteiger partial charge in [0.25, 0.3) is 5.91 Å². The van der Waals surface area contributed by atoms with E-state index in [1.807, 2.05) is 0 Å². The third-order valence-corrected chi connectivity index (χ3v) is 5.31. The number of carbonyl (C=O) groups excluding carboxylic acids is 1. The fourth-order valence-electron chi connectivity index (χ4n) is 2.37. The number of aromatic nitrogens is 1. The SMILES string of the molecule is CCN(C(=O)c1oc(C)nc1C)c1ccccc1S(=O)(=O)CC. The second-order valence-corrected chi connectivity index (χ2v) is 7.31. The Balaban J connectivity index is 2.55. The molecule has 2 aromatic rings. The Morgan fingerprint density at radius 2 is 1.87 bits per heavy atom. The largest absolute Gasteiger partial charge is 0.436 e. The van der Waals surface area contributed by atoms with Crippen LogP contribution in [-0.2, 0) is 9.84 Å². The highest BCUT2D eigenvalue weighted by Gasteiger charge is 2.27. The maximum atomic E-state index is 12.8. The molecule has 0 atom stereocenters. The number of benzene rings is 1. The van der Waals surface area contributed by atoms with Gasteiger partial charge >= 0.3 is 0 Å². The maximum Gasteiger partial charge on any atom is 0.296 e. The zero-order valence-electron chi connectivity index (χ0n) is 13.7. The van der Waals surface area contributed by atoms with Crippen molar-refractivity contribution >= 4 is 21.4 Å². The van der Waals surface area contributed by atoms with Crippen molar-refractivity contribution < 1.29 is 17.6 Å². The molecule has 0 saturated heterocycles. The third-order valence-electron chi connectivity index (χ3n) is 3.53. The molecule has 2 rings (SSSR count). The van der Waals surface area contributed by atoms with Gasteiger partial charge in [0.15, 0.2) is 15.7 Å². The first kappa shape index (κ1) is 17.2. The quantitative estimate of drug-likeness (QED) is 0.838. The minimum atomic E-state index is -3.44. The minimum Gasteiger partial charge on any atom is -0.436 e. The molecular formula is C16H20N2O4S. The van der Waals surface area contributed by atoms with Crippen LogP contribution in [0.3, 0.4) is 0 Å². The summed E-state index contributed by atoms with van der Waals surface area (Å²) in [6, 6.07) is 6.50. The molecule has 0 spiro atoms. The van der Waals surface area contributed by atoms with Crippen molar-refractivity contribution in [2.24, 2.45) is 0 Å². The summed E-state index contributed by atoms with van der Waals surface area (Å²) in [5, 5.41) is 0. The molecule has 124 valence electrons. The molecule has 0 bridgehead atoms. The molecule has 7 heteroatoms. The summed E-state index contributed by atoms with van der Waals surface area (Å²) in [7, 11) is -3.44. The van der Waals surface area contributed by atoms with Gasteiger partial charge in [-0.1, -0.05) is 19.1 Å². The van der Waals surface area contributed by atoms with Gasteiger partial charge in [-0.05, 0) is 26.0 Å². The highest BCUT2D eigenvalue weighted by atomic mass is 32.2. The lowest BCUT2D eigenvalue weighted by Gasteiger charge is -2.22. The normalized spacial score (nSPS) is 11.5. The molecule has 1 amide bonds. The summed E-state index contributed by atoms with van der Waals surface area (Å²) in [6.45, 7) is 7.02. The van der Waals surface area contributed by atoms with Crippen molar-refractivity contribution in [1.82, 2.24) is 4.98 Å². The number of oxazole rings is 1. The van der Waals surface area contributed by atoms with E-state index in [2.05, 4.69) is 4.98 Å². The minimum absolute atomic E-state index is 0.0315. The number of carbonyl (C=O) groups is 1. The van der Waals surface area contributed by atoms with Gasteiger partial charge in [0.2, 0.25) is 5.76 Å². The lowest BCUT2D eigenvalue weighted by Crippen LogP contribution is -2.32. The number of para-hydroxylation sites is 1. The van der Waals surface area contributed by atoms with E-state index >= 15 is 0 Å². The fraction of sp³-hybridized carbons (Fsp3) is 0.375. The Hall–Kier alpha value is -2.15. The van der Waals surface area contributed by atoms with Crippen LogP contribution in [0.15, 0.2) is 33.6 Å². The Kier molecular flexibility index (Phi) is 4.89. The molecule has 0 aliphatic heterocycles. The summed E-state index contributed by atoms with van der Waals surface area (Å²) in [5.74, 6) is 0.102. The van der Waals surface area contributed by atoms with Gasteiger partial charge in [0.05, 0.1) is 22.0 Å². The topological polar surface area (TPSA) is 80.5 Å². The summed E-state index contributed by atoms with van der Waals surface area (Å²) in [5.41, 5.74) is 0.845. The molecule has 0 saturated carbocycles. The van der Waals surface area contributed by atoms with Gasteiger partial charge < -0.3 is 9.32 Å². The van der Waals surface area contributed by atoms with Gasteiger partial charge in [-0.3, -0.25) is 4.79 Å². The molecule has 1 aromatic heterocycles. The van der Waals surface area contributed by atoms with Crippen LogP contribution < -0.4 is 4.90 Å². The van der Waals surface area contributed by atoms with E-state index < -0.39 is 15.7 Å². The van der Waals surface area contributed by atoms with Gasteiger partial charge in [-0.15, -0.1) is 0 Å². The highest BCUT2D eigenvalue weighted by Crippen LogP contribution is 2.28. The summed E-state index contributed by atoms with van der Waals surface area (Å²) >= 11 is 0. The third kappa shape index (κ3) is 3.29. The number of amides is 1. The zero-order chi connectivity index (χ0) is 17.2. The first-order valence-electron chi connectivity index (χ1n) is 7.39. The van der Waals surface area contributed by atoms with Gasteiger partial charge in [0, 0.05) is 13.5 Å². The lowest BCUT2D eigenvalue weighted by molar-refractivity contribution is 0.0959. The lowest BCUT2D eigenvalue weighted by atomic mass is 10.2. The first-order valence-corrected chi connectivity index (χ1v) is 9.04. The van der Waals surface area contributed by atoms with Crippen LogP contribution >= 0.6 is 0 Å². The van der Waals surface area contributed by atoms with Crippen molar-refractivity contribution in [2.75, 3.05) is 17.2 Å². The van der Waals surface area contributed by atoms with Crippen LogP contribution in [-0.4, -0.2) is 31.6 Å². The second-order valence-electron chi connectivity index (χ2n) is 5.07. The fourth-order valence-corrected chi connectivity index (χ4v) is 3.47. The Morgan fingerprint density at radius 1 is 1.22 bits per heavy atom. The van der Waals surface area contributed by atoms with Crippen LogP contribution in [0.25, 0.3) is 0 Å². The van der Waals surface area contributed by atoms with Crippen molar-refractivity contribution in [3.8, 4) is 0 Å². The summed E-state index contributed by atoms with van der Waals surface area (Å²) in [6.07, 6.45) is 0. The van der Waals surface area contributed by atoms with Crippen LogP contribution in [0.4, 0.5) is 5.69 Å². The van der Waals surface area contributed by atoms with E-state index in [-0.39, 0.29) is 16.4 Å².